The van der Waals surface area contributed by atoms with Crippen molar-refractivity contribution in [2.24, 2.45) is 0 Å². The monoisotopic (exact) mass is 365 g/mol. The Balaban J connectivity index is 2.13. The van der Waals surface area contributed by atoms with Crippen molar-refractivity contribution in [3.63, 3.8) is 0 Å². The molecule has 4 nitrogen and oxygen atoms in total. The third-order valence-electron chi connectivity index (χ3n) is 3.84. The maximum Gasteiger partial charge on any atom is 0.242 e. The second-order valence-electron chi connectivity index (χ2n) is 5.88. The van der Waals surface area contributed by atoms with Gasteiger partial charge in [0.05, 0.1) is 5.75 Å². The van der Waals surface area contributed by atoms with Crippen molar-refractivity contribution in [2.75, 3.05) is 5.32 Å². The lowest BCUT2D eigenvalue weighted by molar-refractivity contribution is -0.115. The molecule has 0 bridgehead atoms. The standard InChI is InChI=1S/C18H20ClNO3S/c1-12-4-5-13(2)17(10-12)20-18(21)14(3)24(22,23)11-15-6-8-16(19)9-7-15/h4-10,14H,11H2,1-3H3,(H,20,21). The first-order valence-corrected chi connectivity index (χ1v) is 9.62. The van der Waals surface area contributed by atoms with Gasteiger partial charge in [0.15, 0.2) is 9.84 Å². The molecule has 1 unspecified atom stereocenters. The minimum Gasteiger partial charge on any atom is -0.325 e. The molecular formula is C18H20ClNO3S. The molecule has 1 atom stereocenters. The van der Waals surface area contributed by atoms with E-state index in [4.69, 9.17) is 11.6 Å². The van der Waals surface area contributed by atoms with E-state index in [-0.39, 0.29) is 5.75 Å². The van der Waals surface area contributed by atoms with E-state index in [1.807, 2.05) is 32.0 Å². The minimum absolute atomic E-state index is 0.203. The van der Waals surface area contributed by atoms with Crippen LogP contribution in [0.1, 0.15) is 23.6 Å². The van der Waals surface area contributed by atoms with Crippen molar-refractivity contribution in [2.45, 2.75) is 31.8 Å². The zero-order chi connectivity index (χ0) is 17.9. The molecule has 6 heteroatoms. The number of halogens is 1. The van der Waals surface area contributed by atoms with Crippen LogP contribution < -0.4 is 5.32 Å². The zero-order valence-corrected chi connectivity index (χ0v) is 15.4. The van der Waals surface area contributed by atoms with E-state index in [1.165, 1.54) is 6.92 Å². The van der Waals surface area contributed by atoms with Crippen LogP contribution in [-0.2, 0) is 20.4 Å². The van der Waals surface area contributed by atoms with Gasteiger partial charge in [0.25, 0.3) is 0 Å². The zero-order valence-electron chi connectivity index (χ0n) is 13.8. The molecule has 0 heterocycles. The quantitative estimate of drug-likeness (QED) is 0.874. The number of hydrogen-bond donors (Lipinski definition) is 1. The summed E-state index contributed by atoms with van der Waals surface area (Å²) in [5, 5.41) is 2.11. The highest BCUT2D eigenvalue weighted by Gasteiger charge is 2.28. The summed E-state index contributed by atoms with van der Waals surface area (Å²) in [6.45, 7) is 5.18. The summed E-state index contributed by atoms with van der Waals surface area (Å²) in [6, 6.07) is 12.2. The smallest absolute Gasteiger partial charge is 0.242 e. The van der Waals surface area contributed by atoms with Gasteiger partial charge in [-0.05, 0) is 55.7 Å². The molecule has 0 aliphatic carbocycles. The van der Waals surface area contributed by atoms with Crippen LogP contribution in [0, 0.1) is 13.8 Å². The van der Waals surface area contributed by atoms with Crippen LogP contribution >= 0.6 is 11.6 Å². The number of sulfone groups is 1. The molecule has 24 heavy (non-hydrogen) atoms. The highest BCUT2D eigenvalue weighted by molar-refractivity contribution is 7.92. The van der Waals surface area contributed by atoms with Gasteiger partial charge < -0.3 is 5.32 Å². The van der Waals surface area contributed by atoms with E-state index in [0.717, 1.165) is 11.1 Å². The summed E-state index contributed by atoms with van der Waals surface area (Å²) in [7, 11) is -3.62. The molecule has 0 saturated heterocycles. The summed E-state index contributed by atoms with van der Waals surface area (Å²) < 4.78 is 24.9. The van der Waals surface area contributed by atoms with Gasteiger partial charge in [0, 0.05) is 10.7 Å². The summed E-state index contributed by atoms with van der Waals surface area (Å²) in [5.41, 5.74) is 3.11. The Labute approximate surface area is 147 Å². The molecular weight excluding hydrogens is 346 g/mol. The van der Waals surface area contributed by atoms with E-state index < -0.39 is 21.0 Å². The second kappa shape index (κ2) is 7.36. The molecule has 128 valence electrons. The second-order valence-corrected chi connectivity index (χ2v) is 8.64. The molecule has 0 aliphatic rings. The number of rotatable bonds is 5. The molecule has 1 amide bonds. The van der Waals surface area contributed by atoms with E-state index in [0.29, 0.717) is 16.3 Å². The van der Waals surface area contributed by atoms with Gasteiger partial charge in [0.1, 0.15) is 5.25 Å². The molecule has 0 radical (unpaired) electrons. The van der Waals surface area contributed by atoms with Gasteiger partial charge in [0.2, 0.25) is 5.91 Å². The molecule has 0 aliphatic heterocycles. The first-order chi connectivity index (χ1) is 11.2. The molecule has 2 rings (SSSR count). The van der Waals surface area contributed by atoms with Crippen LogP contribution in [0.2, 0.25) is 5.02 Å². The largest absolute Gasteiger partial charge is 0.325 e. The molecule has 0 spiro atoms. The fourth-order valence-corrected chi connectivity index (χ4v) is 3.62. The average Bonchev–Trinajstić information content (AvgIpc) is 2.52. The Morgan fingerprint density at radius 2 is 1.75 bits per heavy atom. The Bertz CT molecular complexity index is 845. The number of carbonyl (C=O) groups is 1. The molecule has 0 fully saturated rings. The molecule has 2 aromatic rings. The molecule has 2 aromatic carbocycles. The van der Waals surface area contributed by atoms with Crippen LogP contribution in [-0.4, -0.2) is 19.6 Å². The van der Waals surface area contributed by atoms with E-state index in [1.54, 1.807) is 24.3 Å². The van der Waals surface area contributed by atoms with Crippen LogP contribution in [0.15, 0.2) is 42.5 Å². The van der Waals surface area contributed by atoms with Crippen molar-refractivity contribution in [3.8, 4) is 0 Å². The third-order valence-corrected chi connectivity index (χ3v) is 6.12. The maximum atomic E-state index is 12.5. The number of carbonyl (C=O) groups excluding carboxylic acids is 1. The van der Waals surface area contributed by atoms with Crippen molar-refractivity contribution in [1.82, 2.24) is 0 Å². The molecule has 1 N–H and O–H groups in total. The first kappa shape index (κ1) is 18.5. The predicted molar refractivity (Wildman–Crippen MR) is 98.1 cm³/mol. The molecule has 0 aromatic heterocycles. The van der Waals surface area contributed by atoms with Gasteiger partial charge in [-0.2, -0.15) is 0 Å². The summed E-state index contributed by atoms with van der Waals surface area (Å²) in [5.74, 6) is -0.733. The van der Waals surface area contributed by atoms with Gasteiger partial charge >= 0.3 is 0 Å². The van der Waals surface area contributed by atoms with Crippen LogP contribution in [0.3, 0.4) is 0 Å². The van der Waals surface area contributed by atoms with Crippen LogP contribution in [0.4, 0.5) is 5.69 Å². The average molecular weight is 366 g/mol. The summed E-state index contributed by atoms with van der Waals surface area (Å²) in [6.07, 6.45) is 0. The highest BCUT2D eigenvalue weighted by Crippen LogP contribution is 2.19. The summed E-state index contributed by atoms with van der Waals surface area (Å²) >= 11 is 5.80. The minimum atomic E-state index is -3.62. The Hall–Kier alpha value is -1.85. The lowest BCUT2D eigenvalue weighted by Gasteiger charge is -2.15. The third kappa shape index (κ3) is 4.58. The van der Waals surface area contributed by atoms with Gasteiger partial charge in [-0.15, -0.1) is 0 Å². The fourth-order valence-electron chi connectivity index (χ4n) is 2.21. The van der Waals surface area contributed by atoms with Gasteiger partial charge in [-0.3, -0.25) is 4.79 Å². The highest BCUT2D eigenvalue weighted by atomic mass is 35.5. The fraction of sp³-hybridized carbons (Fsp3) is 0.278. The number of anilines is 1. The number of hydrogen-bond acceptors (Lipinski definition) is 3. The lowest BCUT2D eigenvalue weighted by atomic mass is 10.1. The van der Waals surface area contributed by atoms with Crippen molar-refractivity contribution in [1.29, 1.82) is 0 Å². The van der Waals surface area contributed by atoms with Gasteiger partial charge in [-0.1, -0.05) is 35.9 Å². The number of amides is 1. The molecule has 0 saturated carbocycles. The van der Waals surface area contributed by atoms with E-state index in [2.05, 4.69) is 5.32 Å². The van der Waals surface area contributed by atoms with Crippen molar-refractivity contribution >= 4 is 33.0 Å². The van der Waals surface area contributed by atoms with Crippen LogP contribution in [0.5, 0.6) is 0 Å². The Morgan fingerprint density at radius 3 is 2.38 bits per heavy atom. The van der Waals surface area contributed by atoms with Gasteiger partial charge in [-0.25, -0.2) is 8.42 Å². The van der Waals surface area contributed by atoms with Crippen molar-refractivity contribution < 1.29 is 13.2 Å². The van der Waals surface area contributed by atoms with E-state index >= 15 is 0 Å². The predicted octanol–water partition coefficient (Wildman–Crippen LogP) is 3.90. The van der Waals surface area contributed by atoms with Crippen LogP contribution in [0.25, 0.3) is 0 Å². The Morgan fingerprint density at radius 1 is 1.12 bits per heavy atom. The lowest BCUT2D eigenvalue weighted by Crippen LogP contribution is -2.33. The topological polar surface area (TPSA) is 63.2 Å². The summed E-state index contributed by atoms with van der Waals surface area (Å²) in [4.78, 5) is 12.4. The number of nitrogens with one attached hydrogen (secondary N) is 1. The van der Waals surface area contributed by atoms with Crippen molar-refractivity contribution in [3.05, 3.63) is 64.2 Å². The SMILES string of the molecule is Cc1ccc(C)c(NC(=O)C(C)S(=O)(=O)Cc2ccc(Cl)cc2)c1. The first-order valence-electron chi connectivity index (χ1n) is 7.53. The maximum absolute atomic E-state index is 12.5. The Kier molecular flexibility index (Phi) is 5.67. The normalized spacial score (nSPS) is 12.7. The number of aryl methyl sites for hydroxylation is 2. The number of benzene rings is 2. The van der Waals surface area contributed by atoms with E-state index in [9.17, 15) is 13.2 Å².